The summed E-state index contributed by atoms with van der Waals surface area (Å²) in [5.41, 5.74) is 7.17. The summed E-state index contributed by atoms with van der Waals surface area (Å²) in [7, 11) is 0. The molecule has 0 bridgehead atoms. The lowest BCUT2D eigenvalue weighted by Crippen LogP contribution is -2.44. The van der Waals surface area contributed by atoms with E-state index >= 15 is 0 Å². The maximum absolute atomic E-state index is 11.7. The topological polar surface area (TPSA) is 72.2 Å². The highest BCUT2D eigenvalue weighted by molar-refractivity contribution is 6.06. The standard InChI is InChI=1S/C12H18N2O2/c1-3-6-5-7(4-2)10(13)9-8(6)11(15)14-12(9)16/h5-6,8-10H,3-4,13H2,1-2H3,(H,14,15,16)/t6?,8-,9-,10+/m0/s1. The predicted molar refractivity (Wildman–Crippen MR) is 60.3 cm³/mol. The minimum atomic E-state index is -0.350. The van der Waals surface area contributed by atoms with Crippen LogP contribution in [-0.2, 0) is 9.59 Å². The SMILES string of the molecule is CCC1=CC(CC)[C@@H]2C(=O)NC(=O)[C@@H]2[C@@H]1N. The van der Waals surface area contributed by atoms with Crippen LogP contribution in [0, 0.1) is 17.8 Å². The molecule has 4 heteroatoms. The van der Waals surface area contributed by atoms with E-state index < -0.39 is 0 Å². The average Bonchev–Trinajstić information content (AvgIpc) is 2.56. The summed E-state index contributed by atoms with van der Waals surface area (Å²) >= 11 is 0. The van der Waals surface area contributed by atoms with Crippen molar-refractivity contribution in [2.45, 2.75) is 32.7 Å². The maximum Gasteiger partial charge on any atom is 0.232 e. The lowest BCUT2D eigenvalue weighted by Gasteiger charge is -2.33. The van der Waals surface area contributed by atoms with Gasteiger partial charge in [0.05, 0.1) is 11.8 Å². The Morgan fingerprint density at radius 1 is 1.25 bits per heavy atom. The second-order valence-corrected chi connectivity index (χ2v) is 4.60. The number of hydrogen-bond acceptors (Lipinski definition) is 3. The van der Waals surface area contributed by atoms with Crippen LogP contribution in [0.3, 0.4) is 0 Å². The van der Waals surface area contributed by atoms with Gasteiger partial charge >= 0.3 is 0 Å². The molecule has 2 amide bonds. The van der Waals surface area contributed by atoms with Gasteiger partial charge in [0.1, 0.15) is 0 Å². The minimum Gasteiger partial charge on any atom is -0.324 e. The summed E-state index contributed by atoms with van der Waals surface area (Å²) in [5.74, 6) is -0.782. The van der Waals surface area contributed by atoms with E-state index in [1.807, 2.05) is 13.8 Å². The summed E-state index contributed by atoms with van der Waals surface area (Å²) < 4.78 is 0. The van der Waals surface area contributed by atoms with E-state index in [1.54, 1.807) is 0 Å². The molecule has 0 saturated carbocycles. The Morgan fingerprint density at radius 2 is 1.88 bits per heavy atom. The minimum absolute atomic E-state index is 0.149. The van der Waals surface area contributed by atoms with E-state index in [0.717, 1.165) is 18.4 Å². The molecule has 1 saturated heterocycles. The molecule has 2 rings (SSSR count). The molecule has 16 heavy (non-hydrogen) atoms. The fourth-order valence-corrected chi connectivity index (χ4v) is 2.91. The van der Waals surface area contributed by atoms with Crippen LogP contribution in [0.1, 0.15) is 26.7 Å². The molecular formula is C12H18N2O2. The Balaban J connectivity index is 2.40. The molecule has 1 aliphatic heterocycles. The molecule has 1 aliphatic carbocycles. The summed E-state index contributed by atoms with van der Waals surface area (Å²) in [4.78, 5) is 23.4. The van der Waals surface area contributed by atoms with Crippen LogP contribution in [0.5, 0.6) is 0 Å². The van der Waals surface area contributed by atoms with Gasteiger partial charge in [-0.15, -0.1) is 0 Å². The third kappa shape index (κ3) is 1.48. The zero-order valence-electron chi connectivity index (χ0n) is 9.69. The quantitative estimate of drug-likeness (QED) is 0.530. The molecule has 3 N–H and O–H groups in total. The van der Waals surface area contributed by atoms with Crippen molar-refractivity contribution in [1.29, 1.82) is 0 Å². The second kappa shape index (κ2) is 4.01. The summed E-state index contributed by atoms with van der Waals surface area (Å²) in [6, 6.07) is -0.288. The number of fused-ring (bicyclic) bond motifs is 1. The number of carbonyl (C=O) groups is 2. The number of allylic oxidation sites excluding steroid dienone is 1. The number of amides is 2. The molecule has 2 aliphatic rings. The smallest absolute Gasteiger partial charge is 0.232 e. The van der Waals surface area contributed by atoms with Crippen LogP contribution in [0.2, 0.25) is 0 Å². The van der Waals surface area contributed by atoms with Crippen molar-refractivity contribution in [3.63, 3.8) is 0 Å². The van der Waals surface area contributed by atoms with Gasteiger partial charge in [-0.1, -0.05) is 25.5 Å². The lowest BCUT2D eigenvalue weighted by molar-refractivity contribution is -0.126. The third-order valence-electron chi connectivity index (χ3n) is 3.82. The van der Waals surface area contributed by atoms with Crippen molar-refractivity contribution in [2.24, 2.45) is 23.5 Å². The fourth-order valence-electron chi connectivity index (χ4n) is 2.91. The van der Waals surface area contributed by atoms with Crippen LogP contribution in [0.25, 0.3) is 0 Å². The van der Waals surface area contributed by atoms with Gasteiger partial charge in [0, 0.05) is 6.04 Å². The molecule has 0 radical (unpaired) electrons. The summed E-state index contributed by atoms with van der Waals surface area (Å²) in [6.07, 6.45) is 3.82. The van der Waals surface area contributed by atoms with E-state index in [-0.39, 0.29) is 35.6 Å². The zero-order valence-corrected chi connectivity index (χ0v) is 9.69. The molecule has 1 heterocycles. The molecule has 1 unspecified atom stereocenters. The maximum atomic E-state index is 11.7. The van der Waals surface area contributed by atoms with Crippen molar-refractivity contribution < 1.29 is 9.59 Å². The highest BCUT2D eigenvalue weighted by Gasteiger charge is 2.50. The van der Waals surface area contributed by atoms with Gasteiger partial charge in [-0.2, -0.15) is 0 Å². The Morgan fingerprint density at radius 3 is 2.44 bits per heavy atom. The Bertz CT molecular complexity index is 362. The monoisotopic (exact) mass is 222 g/mol. The van der Waals surface area contributed by atoms with E-state index in [4.69, 9.17) is 5.73 Å². The van der Waals surface area contributed by atoms with Crippen LogP contribution in [0.4, 0.5) is 0 Å². The third-order valence-corrected chi connectivity index (χ3v) is 3.82. The molecule has 0 aromatic heterocycles. The molecular weight excluding hydrogens is 204 g/mol. The largest absolute Gasteiger partial charge is 0.324 e. The van der Waals surface area contributed by atoms with Gasteiger partial charge in [-0.25, -0.2) is 0 Å². The average molecular weight is 222 g/mol. The van der Waals surface area contributed by atoms with Crippen LogP contribution in [-0.4, -0.2) is 17.9 Å². The predicted octanol–water partition coefficient (Wildman–Crippen LogP) is 0.579. The highest BCUT2D eigenvalue weighted by atomic mass is 16.2. The first-order chi connectivity index (χ1) is 7.60. The first-order valence-corrected chi connectivity index (χ1v) is 5.91. The van der Waals surface area contributed by atoms with Crippen LogP contribution >= 0.6 is 0 Å². The van der Waals surface area contributed by atoms with Crippen molar-refractivity contribution in [3.8, 4) is 0 Å². The van der Waals surface area contributed by atoms with Gasteiger partial charge in [-0.3, -0.25) is 14.9 Å². The zero-order chi connectivity index (χ0) is 11.9. The number of nitrogens with two attached hydrogens (primary N) is 1. The second-order valence-electron chi connectivity index (χ2n) is 4.60. The van der Waals surface area contributed by atoms with Crippen molar-refractivity contribution in [1.82, 2.24) is 5.32 Å². The molecule has 4 nitrogen and oxygen atoms in total. The number of imide groups is 1. The highest BCUT2D eigenvalue weighted by Crippen LogP contribution is 2.39. The van der Waals surface area contributed by atoms with E-state index in [9.17, 15) is 9.59 Å². The number of nitrogens with one attached hydrogen (secondary N) is 1. The molecule has 4 atom stereocenters. The van der Waals surface area contributed by atoms with Gasteiger partial charge in [0.25, 0.3) is 0 Å². The van der Waals surface area contributed by atoms with Crippen molar-refractivity contribution >= 4 is 11.8 Å². The molecule has 0 aromatic rings. The van der Waals surface area contributed by atoms with Crippen LogP contribution in [0.15, 0.2) is 11.6 Å². The molecule has 1 fully saturated rings. The van der Waals surface area contributed by atoms with E-state index in [1.165, 1.54) is 0 Å². The molecule has 0 spiro atoms. The number of carbonyl (C=O) groups excluding carboxylic acids is 2. The van der Waals surface area contributed by atoms with Gasteiger partial charge in [-0.05, 0) is 18.8 Å². The normalized spacial score (nSPS) is 38.1. The Kier molecular flexibility index (Phi) is 2.84. The summed E-state index contributed by atoms with van der Waals surface area (Å²) in [5, 5.41) is 2.41. The molecule has 88 valence electrons. The first kappa shape index (κ1) is 11.3. The number of rotatable bonds is 2. The lowest BCUT2D eigenvalue weighted by atomic mass is 9.70. The van der Waals surface area contributed by atoms with Gasteiger partial charge in [0.2, 0.25) is 11.8 Å². The van der Waals surface area contributed by atoms with E-state index in [0.29, 0.717) is 0 Å². The van der Waals surface area contributed by atoms with Gasteiger partial charge < -0.3 is 5.73 Å². The van der Waals surface area contributed by atoms with Crippen molar-refractivity contribution in [2.75, 3.05) is 0 Å². The fraction of sp³-hybridized carbons (Fsp3) is 0.667. The Labute approximate surface area is 95.3 Å². The number of hydrogen-bond donors (Lipinski definition) is 2. The van der Waals surface area contributed by atoms with Crippen molar-refractivity contribution in [3.05, 3.63) is 11.6 Å². The van der Waals surface area contributed by atoms with Gasteiger partial charge in [0.15, 0.2) is 0 Å². The molecule has 0 aromatic carbocycles. The Hall–Kier alpha value is -1.16. The van der Waals surface area contributed by atoms with E-state index in [2.05, 4.69) is 11.4 Å². The first-order valence-electron chi connectivity index (χ1n) is 5.91. The summed E-state index contributed by atoms with van der Waals surface area (Å²) in [6.45, 7) is 4.08. The van der Waals surface area contributed by atoms with Crippen LogP contribution < -0.4 is 11.1 Å².